The average Bonchev–Trinajstić information content (AvgIpc) is 2.58. The van der Waals surface area contributed by atoms with E-state index in [9.17, 15) is 14.0 Å². The zero-order chi connectivity index (χ0) is 19.3. The molecule has 0 saturated carbocycles. The van der Waals surface area contributed by atoms with Crippen molar-refractivity contribution in [3.8, 4) is 0 Å². The number of halogens is 3. The van der Waals surface area contributed by atoms with Crippen molar-refractivity contribution in [3.05, 3.63) is 63.4 Å². The normalized spacial score (nSPS) is 11.6. The van der Waals surface area contributed by atoms with Crippen molar-refractivity contribution in [2.45, 2.75) is 19.9 Å². The fraction of sp³-hybridized carbons (Fsp3) is 0.222. The smallest absolute Gasteiger partial charge is 0.411 e. The van der Waals surface area contributed by atoms with Gasteiger partial charge >= 0.3 is 6.09 Å². The van der Waals surface area contributed by atoms with Crippen molar-refractivity contribution in [3.63, 3.8) is 0 Å². The third kappa shape index (κ3) is 5.09. The Balaban J connectivity index is 2.12. The minimum Gasteiger partial charge on any atom is -0.450 e. The summed E-state index contributed by atoms with van der Waals surface area (Å²) in [4.78, 5) is 23.9. The Morgan fingerprint density at radius 1 is 1.19 bits per heavy atom. The van der Waals surface area contributed by atoms with Crippen LogP contribution in [-0.4, -0.2) is 18.6 Å². The van der Waals surface area contributed by atoms with E-state index < -0.39 is 23.9 Å². The summed E-state index contributed by atoms with van der Waals surface area (Å²) in [6.07, 6.45) is -0.609. The molecule has 0 heterocycles. The monoisotopic (exact) mass is 398 g/mol. The summed E-state index contributed by atoms with van der Waals surface area (Å²) in [5, 5.41) is 5.41. The summed E-state index contributed by atoms with van der Waals surface area (Å²) >= 11 is 11.8. The molecule has 2 rings (SSSR count). The molecule has 0 aliphatic rings. The van der Waals surface area contributed by atoms with Gasteiger partial charge in [-0.25, -0.2) is 9.18 Å². The van der Waals surface area contributed by atoms with Crippen LogP contribution in [-0.2, 0) is 4.74 Å². The molecule has 2 amide bonds. The number of ether oxygens (including phenoxy) is 1. The molecule has 2 aromatic carbocycles. The molecule has 0 spiro atoms. The Morgan fingerprint density at radius 2 is 1.92 bits per heavy atom. The van der Waals surface area contributed by atoms with E-state index in [1.807, 2.05) is 0 Å². The van der Waals surface area contributed by atoms with Gasteiger partial charge in [-0.2, -0.15) is 0 Å². The average molecular weight is 399 g/mol. The van der Waals surface area contributed by atoms with Crippen LogP contribution in [0.15, 0.2) is 36.4 Å². The summed E-state index contributed by atoms with van der Waals surface area (Å²) in [7, 11) is 0. The highest BCUT2D eigenvalue weighted by Gasteiger charge is 2.17. The molecule has 2 aromatic rings. The fourth-order valence-corrected chi connectivity index (χ4v) is 2.80. The molecule has 0 unspecified atom stereocenters. The van der Waals surface area contributed by atoms with Crippen molar-refractivity contribution in [2.75, 3.05) is 11.9 Å². The zero-order valence-electron chi connectivity index (χ0n) is 14.1. The number of amides is 2. The second kappa shape index (κ2) is 8.87. The molecule has 26 heavy (non-hydrogen) atoms. The highest BCUT2D eigenvalue weighted by atomic mass is 35.5. The van der Waals surface area contributed by atoms with Crippen LogP contribution in [0.25, 0.3) is 0 Å². The van der Waals surface area contributed by atoms with E-state index in [4.69, 9.17) is 27.9 Å². The van der Waals surface area contributed by atoms with Gasteiger partial charge in [-0.1, -0.05) is 29.3 Å². The minimum absolute atomic E-state index is 0.0879. The lowest BCUT2D eigenvalue weighted by Gasteiger charge is -2.17. The molecule has 2 N–H and O–H groups in total. The van der Waals surface area contributed by atoms with Gasteiger partial charge in [-0.15, -0.1) is 0 Å². The van der Waals surface area contributed by atoms with Gasteiger partial charge in [0.25, 0.3) is 5.91 Å². The van der Waals surface area contributed by atoms with E-state index in [0.717, 1.165) is 0 Å². The largest absolute Gasteiger partial charge is 0.450 e. The van der Waals surface area contributed by atoms with Gasteiger partial charge in [0.15, 0.2) is 0 Å². The van der Waals surface area contributed by atoms with Gasteiger partial charge in [-0.05, 0) is 49.7 Å². The van der Waals surface area contributed by atoms with Crippen molar-refractivity contribution in [2.24, 2.45) is 0 Å². The Morgan fingerprint density at radius 3 is 2.62 bits per heavy atom. The second-order valence-electron chi connectivity index (χ2n) is 5.41. The second-order valence-corrected chi connectivity index (χ2v) is 6.22. The molecule has 5 nitrogen and oxygen atoms in total. The highest BCUT2D eigenvalue weighted by Crippen LogP contribution is 2.28. The fourth-order valence-electron chi connectivity index (χ4n) is 2.25. The Bertz CT molecular complexity index is 830. The third-order valence-corrected chi connectivity index (χ3v) is 4.12. The number of benzene rings is 2. The first-order valence-corrected chi connectivity index (χ1v) is 8.56. The summed E-state index contributed by atoms with van der Waals surface area (Å²) in [6, 6.07) is 8.27. The number of hydrogen-bond acceptors (Lipinski definition) is 3. The van der Waals surface area contributed by atoms with E-state index in [1.54, 1.807) is 32.0 Å². The van der Waals surface area contributed by atoms with Crippen LogP contribution in [0.5, 0.6) is 0 Å². The molecule has 138 valence electrons. The maximum atomic E-state index is 13.7. The molecule has 1 atom stereocenters. The van der Waals surface area contributed by atoms with Gasteiger partial charge in [0.2, 0.25) is 0 Å². The van der Waals surface area contributed by atoms with Crippen LogP contribution in [0, 0.1) is 5.82 Å². The maximum Gasteiger partial charge on any atom is 0.411 e. The van der Waals surface area contributed by atoms with Crippen molar-refractivity contribution in [1.82, 2.24) is 5.32 Å². The van der Waals surface area contributed by atoms with Gasteiger partial charge in [0.05, 0.1) is 17.7 Å². The Labute approximate surface area is 160 Å². The van der Waals surface area contributed by atoms with Crippen molar-refractivity contribution < 1.29 is 18.7 Å². The van der Waals surface area contributed by atoms with Gasteiger partial charge in [0, 0.05) is 16.3 Å². The van der Waals surface area contributed by atoms with Crippen LogP contribution in [0.2, 0.25) is 10.0 Å². The van der Waals surface area contributed by atoms with Crippen LogP contribution < -0.4 is 10.6 Å². The van der Waals surface area contributed by atoms with E-state index in [2.05, 4.69) is 10.6 Å². The quantitative estimate of drug-likeness (QED) is 0.680. The van der Waals surface area contributed by atoms with E-state index in [1.165, 1.54) is 18.2 Å². The summed E-state index contributed by atoms with van der Waals surface area (Å²) in [5.74, 6) is -1.02. The van der Waals surface area contributed by atoms with Crippen LogP contribution in [0.1, 0.15) is 35.8 Å². The lowest BCUT2D eigenvalue weighted by molar-refractivity contribution is 0.0939. The molecule has 0 aliphatic heterocycles. The predicted octanol–water partition coefficient (Wildman–Crippen LogP) is 5.19. The van der Waals surface area contributed by atoms with E-state index in [-0.39, 0.29) is 16.7 Å². The molecule has 0 radical (unpaired) electrons. The van der Waals surface area contributed by atoms with Crippen LogP contribution in [0.3, 0.4) is 0 Å². The maximum absolute atomic E-state index is 13.7. The summed E-state index contributed by atoms with van der Waals surface area (Å²) < 4.78 is 18.5. The lowest BCUT2D eigenvalue weighted by Crippen LogP contribution is -2.27. The number of carbonyl (C=O) groups excluding carboxylic acids is 2. The van der Waals surface area contributed by atoms with Crippen molar-refractivity contribution in [1.29, 1.82) is 0 Å². The van der Waals surface area contributed by atoms with E-state index in [0.29, 0.717) is 16.8 Å². The molecule has 0 saturated heterocycles. The number of carbonyl (C=O) groups is 2. The van der Waals surface area contributed by atoms with Crippen LogP contribution in [0.4, 0.5) is 14.9 Å². The molecular weight excluding hydrogens is 382 g/mol. The zero-order valence-corrected chi connectivity index (χ0v) is 15.6. The number of anilines is 1. The molecular formula is C18H17Cl2FN2O3. The molecule has 0 aliphatic carbocycles. The third-order valence-electron chi connectivity index (χ3n) is 3.50. The Hall–Kier alpha value is -2.31. The minimum atomic E-state index is -0.618. The van der Waals surface area contributed by atoms with Crippen molar-refractivity contribution >= 4 is 40.9 Å². The summed E-state index contributed by atoms with van der Waals surface area (Å²) in [5.41, 5.74) is 1.14. The standard InChI is InChI=1S/C18H17Cl2FN2O3/c1-3-26-18(25)23-12-6-4-5-11(7-12)17(24)22-10(2)13-8-16(21)15(20)9-14(13)19/h4-10H,3H2,1-2H3,(H,22,24)(H,23,25)/t10-/m1/s1. The van der Waals surface area contributed by atoms with E-state index >= 15 is 0 Å². The van der Waals surface area contributed by atoms with Gasteiger partial charge in [-0.3, -0.25) is 10.1 Å². The topological polar surface area (TPSA) is 67.4 Å². The number of hydrogen-bond donors (Lipinski definition) is 2. The first kappa shape index (κ1) is 20.0. The number of rotatable bonds is 5. The molecule has 0 bridgehead atoms. The summed E-state index contributed by atoms with van der Waals surface area (Å²) in [6.45, 7) is 3.60. The lowest BCUT2D eigenvalue weighted by atomic mass is 10.1. The molecule has 0 aromatic heterocycles. The number of nitrogens with one attached hydrogen (secondary N) is 2. The Kier molecular flexibility index (Phi) is 6.83. The van der Waals surface area contributed by atoms with Gasteiger partial charge < -0.3 is 10.1 Å². The van der Waals surface area contributed by atoms with Crippen LogP contribution >= 0.6 is 23.2 Å². The first-order chi connectivity index (χ1) is 12.3. The predicted molar refractivity (Wildman–Crippen MR) is 99.4 cm³/mol. The molecule has 0 fully saturated rings. The first-order valence-electron chi connectivity index (χ1n) is 7.81. The SMILES string of the molecule is CCOC(=O)Nc1cccc(C(=O)N[C@H](C)c2cc(F)c(Cl)cc2Cl)c1. The highest BCUT2D eigenvalue weighted by molar-refractivity contribution is 6.35. The van der Waals surface area contributed by atoms with Gasteiger partial charge in [0.1, 0.15) is 5.82 Å². The molecule has 8 heteroatoms.